The summed E-state index contributed by atoms with van der Waals surface area (Å²) in [6, 6.07) is 0.532. The van der Waals surface area contributed by atoms with Gasteiger partial charge in [-0.05, 0) is 18.8 Å². The predicted molar refractivity (Wildman–Crippen MR) is 230 cm³/mol. The molecule has 0 rings (SSSR count). The van der Waals surface area contributed by atoms with Gasteiger partial charge in [-0.1, -0.05) is 284 Å². The Morgan fingerprint density at radius 2 is 0.440 bits per heavy atom. The normalized spacial score (nSPS) is 12.4. The fourth-order valence-electron chi connectivity index (χ4n) is 8.35. The monoisotopic (exact) mass is 705 g/mol. The summed E-state index contributed by atoms with van der Waals surface area (Å²) in [6.45, 7) is 6.95. The zero-order chi connectivity index (χ0) is 36.3. The van der Waals surface area contributed by atoms with Crippen LogP contribution in [0.5, 0.6) is 0 Å². The molecule has 0 heterocycles. The molecule has 0 aliphatic heterocycles. The lowest BCUT2D eigenvalue weighted by Gasteiger charge is -2.19. The molecular formula is C48H100N2. The molecule has 1 unspecified atom stereocenters. The minimum atomic E-state index is 0.532. The predicted octanol–water partition coefficient (Wildman–Crippen LogP) is 17.3. The Morgan fingerprint density at radius 3 is 0.680 bits per heavy atom. The van der Waals surface area contributed by atoms with Crippen LogP contribution in [0.1, 0.15) is 297 Å². The SMILES string of the molecule is CCCCCCCCCCCCCCC(CCCCCCCCCCCCCC)CCCCC(CCCCCCCCCCCCCC)NN. The Labute approximate surface area is 319 Å². The molecule has 0 bridgehead atoms. The van der Waals surface area contributed by atoms with Crippen molar-refractivity contribution in [3.8, 4) is 0 Å². The summed E-state index contributed by atoms with van der Waals surface area (Å²) in [7, 11) is 0. The second-order valence-corrected chi connectivity index (χ2v) is 17.0. The number of unbranched alkanes of at least 4 members (excludes halogenated alkanes) is 34. The summed E-state index contributed by atoms with van der Waals surface area (Å²) >= 11 is 0. The lowest BCUT2D eigenvalue weighted by Crippen LogP contribution is -2.35. The molecule has 302 valence electrons. The third kappa shape index (κ3) is 40.7. The summed E-state index contributed by atoms with van der Waals surface area (Å²) in [4.78, 5) is 0. The zero-order valence-corrected chi connectivity index (χ0v) is 35.6. The molecule has 0 aromatic rings. The number of hydrazine groups is 1. The van der Waals surface area contributed by atoms with Crippen molar-refractivity contribution in [1.29, 1.82) is 0 Å². The number of nitrogens with two attached hydrogens (primary N) is 1. The maximum Gasteiger partial charge on any atom is 0.0210 e. The first-order valence-corrected chi connectivity index (χ1v) is 24.2. The summed E-state index contributed by atoms with van der Waals surface area (Å²) in [5.74, 6) is 6.99. The van der Waals surface area contributed by atoms with Crippen LogP contribution in [-0.4, -0.2) is 6.04 Å². The van der Waals surface area contributed by atoms with Crippen molar-refractivity contribution in [3.63, 3.8) is 0 Å². The van der Waals surface area contributed by atoms with Crippen molar-refractivity contribution in [2.75, 3.05) is 0 Å². The van der Waals surface area contributed by atoms with Gasteiger partial charge >= 0.3 is 0 Å². The topological polar surface area (TPSA) is 38.0 Å². The van der Waals surface area contributed by atoms with Gasteiger partial charge in [0.2, 0.25) is 0 Å². The fourth-order valence-corrected chi connectivity index (χ4v) is 8.35. The lowest BCUT2D eigenvalue weighted by atomic mass is 9.89. The molecule has 0 aliphatic carbocycles. The molecule has 3 N–H and O–H groups in total. The first kappa shape index (κ1) is 49.9. The van der Waals surface area contributed by atoms with Crippen LogP contribution in [-0.2, 0) is 0 Å². The van der Waals surface area contributed by atoms with E-state index in [0.717, 1.165) is 5.92 Å². The van der Waals surface area contributed by atoms with Crippen LogP contribution in [0.25, 0.3) is 0 Å². The first-order chi connectivity index (χ1) is 24.8. The maximum atomic E-state index is 6.02. The van der Waals surface area contributed by atoms with E-state index in [1.54, 1.807) is 0 Å². The number of rotatable bonds is 45. The second-order valence-electron chi connectivity index (χ2n) is 17.0. The minimum Gasteiger partial charge on any atom is -0.271 e. The van der Waals surface area contributed by atoms with E-state index in [4.69, 9.17) is 5.84 Å². The van der Waals surface area contributed by atoms with Crippen LogP contribution in [0.15, 0.2) is 0 Å². The van der Waals surface area contributed by atoms with Gasteiger partial charge < -0.3 is 0 Å². The van der Waals surface area contributed by atoms with Gasteiger partial charge in [0.05, 0.1) is 0 Å². The third-order valence-electron chi connectivity index (χ3n) is 12.0. The molecule has 1 atom stereocenters. The van der Waals surface area contributed by atoms with Gasteiger partial charge in [0, 0.05) is 6.04 Å². The van der Waals surface area contributed by atoms with E-state index in [-0.39, 0.29) is 0 Å². The quantitative estimate of drug-likeness (QED) is 0.0376. The Morgan fingerprint density at radius 1 is 0.260 bits per heavy atom. The number of nitrogens with one attached hydrogen (secondary N) is 1. The van der Waals surface area contributed by atoms with Gasteiger partial charge in [-0.25, -0.2) is 0 Å². The lowest BCUT2D eigenvalue weighted by molar-refractivity contribution is 0.355. The van der Waals surface area contributed by atoms with E-state index in [1.165, 1.54) is 276 Å². The minimum absolute atomic E-state index is 0.532. The van der Waals surface area contributed by atoms with Crippen LogP contribution >= 0.6 is 0 Å². The Kier molecular flexibility index (Phi) is 45.0. The number of hydrogen-bond acceptors (Lipinski definition) is 2. The Hall–Kier alpha value is -0.0800. The van der Waals surface area contributed by atoms with Crippen molar-refractivity contribution in [2.45, 2.75) is 303 Å². The molecule has 0 fully saturated rings. The van der Waals surface area contributed by atoms with Crippen molar-refractivity contribution in [1.82, 2.24) is 5.43 Å². The highest BCUT2D eigenvalue weighted by molar-refractivity contribution is 4.67. The van der Waals surface area contributed by atoms with E-state index in [1.807, 2.05) is 0 Å². The summed E-state index contributed by atoms with van der Waals surface area (Å²) in [5.41, 5.74) is 3.19. The largest absolute Gasteiger partial charge is 0.271 e. The second kappa shape index (κ2) is 45.1. The molecule has 0 radical (unpaired) electrons. The van der Waals surface area contributed by atoms with E-state index in [9.17, 15) is 0 Å². The molecule has 50 heavy (non-hydrogen) atoms. The highest BCUT2D eigenvalue weighted by Gasteiger charge is 2.11. The molecule has 0 saturated carbocycles. The zero-order valence-electron chi connectivity index (χ0n) is 35.6. The first-order valence-electron chi connectivity index (χ1n) is 24.2. The van der Waals surface area contributed by atoms with Crippen LogP contribution in [0.2, 0.25) is 0 Å². The molecule has 0 aromatic heterocycles. The van der Waals surface area contributed by atoms with E-state index >= 15 is 0 Å². The average molecular weight is 705 g/mol. The summed E-state index contributed by atoms with van der Waals surface area (Å²) < 4.78 is 0. The van der Waals surface area contributed by atoms with E-state index in [2.05, 4.69) is 26.2 Å². The van der Waals surface area contributed by atoms with Gasteiger partial charge in [-0.3, -0.25) is 11.3 Å². The van der Waals surface area contributed by atoms with Crippen LogP contribution in [0, 0.1) is 5.92 Å². The Bertz CT molecular complexity index is 549. The molecule has 0 aliphatic rings. The molecule has 0 aromatic carbocycles. The smallest absolute Gasteiger partial charge is 0.0210 e. The van der Waals surface area contributed by atoms with Crippen molar-refractivity contribution >= 4 is 0 Å². The highest BCUT2D eigenvalue weighted by Crippen LogP contribution is 2.25. The maximum absolute atomic E-state index is 6.02. The van der Waals surface area contributed by atoms with Gasteiger partial charge in [0.25, 0.3) is 0 Å². The molecule has 0 amide bonds. The average Bonchev–Trinajstić information content (AvgIpc) is 3.13. The third-order valence-corrected chi connectivity index (χ3v) is 12.0. The van der Waals surface area contributed by atoms with Crippen LogP contribution < -0.4 is 11.3 Å². The highest BCUT2D eigenvalue weighted by atomic mass is 15.2. The summed E-state index contributed by atoms with van der Waals surface area (Å²) in [6.07, 6.45) is 62.0. The van der Waals surface area contributed by atoms with Crippen molar-refractivity contribution < 1.29 is 0 Å². The standard InChI is InChI=1S/C48H100N2/c1-4-7-10-13-16-19-22-25-28-31-34-37-42-47(43-38-35-32-29-26-23-20-17-14-11-8-5-2)44-40-41-46-48(50-49)45-39-36-33-30-27-24-21-18-15-12-9-6-3/h47-48,50H,4-46,49H2,1-3H3. The van der Waals surface area contributed by atoms with Gasteiger partial charge in [-0.2, -0.15) is 0 Å². The van der Waals surface area contributed by atoms with Crippen molar-refractivity contribution in [3.05, 3.63) is 0 Å². The molecular weight excluding hydrogens is 605 g/mol. The molecule has 0 saturated heterocycles. The Balaban J connectivity index is 4.10. The van der Waals surface area contributed by atoms with Crippen molar-refractivity contribution in [2.24, 2.45) is 11.8 Å². The molecule has 2 heteroatoms. The van der Waals surface area contributed by atoms with Gasteiger partial charge in [0.1, 0.15) is 0 Å². The molecule has 0 spiro atoms. The van der Waals surface area contributed by atoms with E-state index in [0.29, 0.717) is 6.04 Å². The number of hydrogen-bond donors (Lipinski definition) is 2. The van der Waals surface area contributed by atoms with Crippen LogP contribution in [0.3, 0.4) is 0 Å². The van der Waals surface area contributed by atoms with E-state index < -0.39 is 0 Å². The van der Waals surface area contributed by atoms with Gasteiger partial charge in [0.15, 0.2) is 0 Å². The van der Waals surface area contributed by atoms with Crippen LogP contribution in [0.4, 0.5) is 0 Å². The van der Waals surface area contributed by atoms with Gasteiger partial charge in [-0.15, -0.1) is 0 Å². The summed E-state index contributed by atoms with van der Waals surface area (Å²) in [5, 5.41) is 0. The fraction of sp³-hybridized carbons (Fsp3) is 1.00. The molecule has 2 nitrogen and oxygen atoms in total.